The van der Waals surface area contributed by atoms with Gasteiger partial charge in [0.15, 0.2) is 0 Å². The Bertz CT molecular complexity index is 1930. The van der Waals surface area contributed by atoms with Gasteiger partial charge in [0.25, 0.3) is 0 Å². The van der Waals surface area contributed by atoms with E-state index in [1.54, 1.807) is 0 Å². The Balaban J connectivity index is 1.02. The molecule has 2 fully saturated rings. The second kappa shape index (κ2) is 11.4. The zero-order chi connectivity index (χ0) is 31.4. The third-order valence-electron chi connectivity index (χ3n) is 9.72. The molecule has 46 heavy (non-hydrogen) atoms. The van der Waals surface area contributed by atoms with E-state index < -0.39 is 5.60 Å². The lowest BCUT2D eigenvalue weighted by Crippen LogP contribution is -2.33. The number of aromatic amines is 2. The number of ether oxygens (including phenoxy) is 2. The predicted octanol–water partition coefficient (Wildman–Crippen LogP) is 8.22. The number of esters is 1. The Morgan fingerprint density at radius 3 is 2.52 bits per heavy atom. The van der Waals surface area contributed by atoms with Gasteiger partial charge in [0.1, 0.15) is 29.6 Å². The van der Waals surface area contributed by atoms with Crippen LogP contribution in [0.4, 0.5) is 0 Å². The van der Waals surface area contributed by atoms with Crippen LogP contribution in [0, 0.1) is 5.92 Å². The molecule has 2 aromatic heterocycles. The van der Waals surface area contributed by atoms with Gasteiger partial charge in [-0.3, -0.25) is 4.79 Å². The quantitative estimate of drug-likeness (QED) is 0.172. The Labute approximate surface area is 269 Å². The molecule has 5 aromatic rings. The number of carbonyl (C=O) groups is 1. The van der Waals surface area contributed by atoms with Gasteiger partial charge in [-0.05, 0) is 105 Å². The van der Waals surface area contributed by atoms with Gasteiger partial charge >= 0.3 is 5.97 Å². The molecule has 0 amide bonds. The van der Waals surface area contributed by atoms with Crippen LogP contribution in [0.2, 0.25) is 0 Å². The molecular formula is C38H41N5O3. The van der Waals surface area contributed by atoms with E-state index in [4.69, 9.17) is 19.4 Å². The van der Waals surface area contributed by atoms with Gasteiger partial charge in [-0.2, -0.15) is 0 Å². The summed E-state index contributed by atoms with van der Waals surface area (Å²) in [6.07, 6.45) is 8.11. The number of rotatable bonds is 5. The van der Waals surface area contributed by atoms with Crippen LogP contribution in [0.25, 0.3) is 44.5 Å². The highest BCUT2D eigenvalue weighted by molar-refractivity contribution is 5.85. The van der Waals surface area contributed by atoms with Gasteiger partial charge < -0.3 is 24.8 Å². The largest absolute Gasteiger partial charge is 0.488 e. The lowest BCUT2D eigenvalue weighted by molar-refractivity contribution is -0.162. The molecule has 8 nitrogen and oxygen atoms in total. The average molecular weight is 616 g/mol. The van der Waals surface area contributed by atoms with E-state index >= 15 is 0 Å². The zero-order valence-corrected chi connectivity index (χ0v) is 26.8. The molecule has 0 spiro atoms. The van der Waals surface area contributed by atoms with Crippen molar-refractivity contribution in [3.8, 4) is 39.3 Å². The maximum absolute atomic E-state index is 13.1. The normalized spacial score (nSPS) is 21.1. The third-order valence-corrected chi connectivity index (χ3v) is 9.72. The summed E-state index contributed by atoms with van der Waals surface area (Å²) < 4.78 is 12.1. The number of nitrogens with one attached hydrogen (secondary N) is 3. The van der Waals surface area contributed by atoms with Gasteiger partial charge in [-0.15, -0.1) is 0 Å². The summed E-state index contributed by atoms with van der Waals surface area (Å²) in [6.45, 7) is 7.33. The number of aromatic nitrogens is 4. The van der Waals surface area contributed by atoms with E-state index in [1.807, 2.05) is 27.0 Å². The standard InChI is InChI=1S/C38H41N5O3/c1-38(2,3)46-37(44)29-8-5-4-7-28(29)35-40-20-33(43-35)24-11-13-26-25(17-24)21-45-34-19-23(10-14-27(26)34)22-12-15-30-32(18-22)42-36(41-30)31-9-6-16-39-31/h10-15,17-20,28-29,31,39H,4-9,16,21H2,1-3H3,(H,40,43)(H,41,42)/t28-,29?,31+/m1/s1. The zero-order valence-electron chi connectivity index (χ0n) is 26.8. The first-order valence-electron chi connectivity index (χ1n) is 16.7. The van der Waals surface area contributed by atoms with Crippen molar-refractivity contribution in [1.29, 1.82) is 0 Å². The number of H-pyrrole nitrogens is 2. The topological polar surface area (TPSA) is 105 Å². The number of hydrogen-bond acceptors (Lipinski definition) is 6. The van der Waals surface area contributed by atoms with Crippen molar-refractivity contribution in [2.75, 3.05) is 6.54 Å². The van der Waals surface area contributed by atoms with Crippen LogP contribution < -0.4 is 10.1 Å². The number of carbonyl (C=O) groups excluding carboxylic acids is 1. The van der Waals surface area contributed by atoms with Gasteiger partial charge in [0, 0.05) is 11.5 Å². The number of imidazole rings is 2. The molecule has 1 aliphatic carbocycles. The molecule has 1 unspecified atom stereocenters. The SMILES string of the molecule is CC(C)(C)OC(=O)C1CCCC[C@H]1c1ncc(-c2ccc3c(c2)COc2cc(-c4ccc5nc([C@@H]6CCCN6)[nH]c5c4)ccc2-3)[nH]1. The van der Waals surface area contributed by atoms with E-state index in [-0.39, 0.29) is 17.8 Å². The van der Waals surface area contributed by atoms with Gasteiger partial charge in [-0.25, -0.2) is 9.97 Å². The van der Waals surface area contributed by atoms with Crippen molar-refractivity contribution in [2.45, 2.75) is 83.5 Å². The fourth-order valence-corrected chi connectivity index (χ4v) is 7.42. The molecule has 236 valence electrons. The lowest BCUT2D eigenvalue weighted by atomic mass is 9.78. The van der Waals surface area contributed by atoms with Crippen molar-refractivity contribution in [3.05, 3.63) is 78.0 Å². The Morgan fingerprint density at radius 1 is 0.870 bits per heavy atom. The Morgan fingerprint density at radius 2 is 1.67 bits per heavy atom. The van der Waals surface area contributed by atoms with Crippen molar-refractivity contribution in [2.24, 2.45) is 5.92 Å². The van der Waals surface area contributed by atoms with E-state index in [0.717, 1.165) is 101 Å². The fourth-order valence-electron chi connectivity index (χ4n) is 7.42. The van der Waals surface area contributed by atoms with Crippen molar-refractivity contribution < 1.29 is 14.3 Å². The van der Waals surface area contributed by atoms with Crippen molar-refractivity contribution in [1.82, 2.24) is 25.3 Å². The summed E-state index contributed by atoms with van der Waals surface area (Å²) in [7, 11) is 0. The van der Waals surface area contributed by atoms with Crippen LogP contribution in [-0.4, -0.2) is 38.1 Å². The van der Waals surface area contributed by atoms with Crippen LogP contribution >= 0.6 is 0 Å². The van der Waals surface area contributed by atoms with Crippen LogP contribution in [0.5, 0.6) is 5.75 Å². The molecule has 8 rings (SSSR count). The average Bonchev–Trinajstić information content (AvgIpc) is 3.84. The molecule has 1 saturated heterocycles. The number of nitrogens with zero attached hydrogens (tertiary/aromatic N) is 2. The minimum absolute atomic E-state index is 0.0414. The molecule has 4 heterocycles. The van der Waals surface area contributed by atoms with Gasteiger partial charge in [0.2, 0.25) is 0 Å². The maximum Gasteiger partial charge on any atom is 0.310 e. The van der Waals surface area contributed by atoms with Crippen molar-refractivity contribution in [3.63, 3.8) is 0 Å². The molecule has 8 heteroatoms. The van der Waals surface area contributed by atoms with E-state index in [2.05, 4.69) is 69.9 Å². The van der Waals surface area contributed by atoms with Crippen LogP contribution in [0.1, 0.15) is 88.5 Å². The second-order valence-corrected chi connectivity index (χ2v) is 14.1. The van der Waals surface area contributed by atoms with E-state index in [0.29, 0.717) is 12.6 Å². The highest BCUT2D eigenvalue weighted by Crippen LogP contribution is 2.42. The van der Waals surface area contributed by atoms with E-state index in [9.17, 15) is 4.79 Å². The molecule has 3 atom stereocenters. The second-order valence-electron chi connectivity index (χ2n) is 14.1. The minimum atomic E-state index is -0.496. The van der Waals surface area contributed by atoms with Crippen LogP contribution in [-0.2, 0) is 16.1 Å². The minimum Gasteiger partial charge on any atom is -0.488 e. The summed E-state index contributed by atoms with van der Waals surface area (Å²) in [5, 5.41) is 3.53. The highest BCUT2D eigenvalue weighted by atomic mass is 16.6. The molecule has 2 aliphatic heterocycles. The molecule has 3 aliphatic rings. The molecule has 0 bridgehead atoms. The Kier molecular flexibility index (Phi) is 7.20. The lowest BCUT2D eigenvalue weighted by Gasteiger charge is -2.31. The number of hydrogen-bond donors (Lipinski definition) is 3. The first-order valence-corrected chi connectivity index (χ1v) is 16.7. The van der Waals surface area contributed by atoms with Crippen molar-refractivity contribution >= 4 is 17.0 Å². The summed E-state index contributed by atoms with van der Waals surface area (Å²) in [4.78, 5) is 29.8. The highest BCUT2D eigenvalue weighted by Gasteiger charge is 2.36. The number of benzene rings is 3. The summed E-state index contributed by atoms with van der Waals surface area (Å²) >= 11 is 0. The molecule has 0 radical (unpaired) electrons. The fraction of sp³-hybridized carbons (Fsp3) is 0.395. The number of fused-ring (bicyclic) bond motifs is 4. The monoisotopic (exact) mass is 615 g/mol. The maximum atomic E-state index is 13.1. The van der Waals surface area contributed by atoms with Crippen LogP contribution in [0.15, 0.2) is 60.8 Å². The van der Waals surface area contributed by atoms with Gasteiger partial charge in [-0.1, -0.05) is 43.2 Å². The Hall–Kier alpha value is -4.43. The molecular weight excluding hydrogens is 574 g/mol. The first-order chi connectivity index (χ1) is 22.3. The summed E-state index contributed by atoms with van der Waals surface area (Å²) in [6, 6.07) is 19.8. The summed E-state index contributed by atoms with van der Waals surface area (Å²) in [5.41, 5.74) is 9.26. The predicted molar refractivity (Wildman–Crippen MR) is 179 cm³/mol. The molecule has 3 aromatic carbocycles. The summed E-state index contributed by atoms with van der Waals surface area (Å²) in [5.74, 6) is 2.55. The molecule has 3 N–H and O–H groups in total. The molecule has 1 saturated carbocycles. The van der Waals surface area contributed by atoms with Crippen LogP contribution in [0.3, 0.4) is 0 Å². The smallest absolute Gasteiger partial charge is 0.310 e. The van der Waals surface area contributed by atoms with Gasteiger partial charge in [0.05, 0.1) is 34.9 Å². The third kappa shape index (κ3) is 5.49. The first kappa shape index (κ1) is 29.0. The van der Waals surface area contributed by atoms with E-state index in [1.165, 1.54) is 12.0 Å².